The van der Waals surface area contributed by atoms with Gasteiger partial charge in [0.1, 0.15) is 11.4 Å². The minimum absolute atomic E-state index is 0.145. The van der Waals surface area contributed by atoms with E-state index in [4.69, 9.17) is 0 Å². The monoisotopic (exact) mass is 450 g/mol. The van der Waals surface area contributed by atoms with Crippen molar-refractivity contribution < 1.29 is 14.7 Å². The number of ketones is 2. The minimum atomic E-state index is -0.275. The van der Waals surface area contributed by atoms with Gasteiger partial charge in [0.05, 0.1) is 20.2 Å². The van der Waals surface area contributed by atoms with Crippen LogP contribution in [0.4, 0.5) is 0 Å². The second-order valence-electron chi connectivity index (χ2n) is 5.24. The lowest BCUT2D eigenvalue weighted by Crippen LogP contribution is -2.28. The number of allylic oxidation sites excluding steroid dienone is 2. The van der Waals surface area contributed by atoms with Gasteiger partial charge in [0.2, 0.25) is 11.6 Å². The van der Waals surface area contributed by atoms with Crippen LogP contribution in [0.1, 0.15) is 26.4 Å². The Kier molecular flexibility index (Phi) is 4.82. The molecule has 0 atom stereocenters. The lowest BCUT2D eigenvalue weighted by atomic mass is 9.97. The fraction of sp³-hybridized carbons (Fsp3) is 0.118. The standard InChI is InChI=1S/C17H12Br2N2O3/c18-11-6-9(7-12(19)17(11)24)3-5-20-13-8-14(22)15-10(16(13)23)2-1-4-21-15/h1-2,4,6-8,20,24H,3,5H2. The molecule has 1 aromatic heterocycles. The molecule has 1 heterocycles. The second-order valence-corrected chi connectivity index (χ2v) is 6.94. The number of hydrogen-bond acceptors (Lipinski definition) is 5. The van der Waals surface area contributed by atoms with Gasteiger partial charge in [0.15, 0.2) is 0 Å². The third kappa shape index (κ3) is 3.27. The van der Waals surface area contributed by atoms with E-state index in [0.29, 0.717) is 27.5 Å². The van der Waals surface area contributed by atoms with Crippen LogP contribution in [0.5, 0.6) is 5.75 Å². The van der Waals surface area contributed by atoms with E-state index in [1.807, 2.05) is 12.1 Å². The molecule has 2 aromatic rings. The van der Waals surface area contributed by atoms with Gasteiger partial charge in [-0.05, 0) is 68.1 Å². The molecule has 0 spiro atoms. The molecule has 0 bridgehead atoms. The largest absolute Gasteiger partial charge is 0.506 e. The van der Waals surface area contributed by atoms with Crippen LogP contribution in [0.25, 0.3) is 0 Å². The number of rotatable bonds is 4. The van der Waals surface area contributed by atoms with Gasteiger partial charge >= 0.3 is 0 Å². The third-order valence-electron chi connectivity index (χ3n) is 3.61. The summed E-state index contributed by atoms with van der Waals surface area (Å²) in [5.74, 6) is -0.361. The van der Waals surface area contributed by atoms with Gasteiger partial charge in [-0.15, -0.1) is 0 Å². The van der Waals surface area contributed by atoms with Gasteiger partial charge in [-0.2, -0.15) is 0 Å². The van der Waals surface area contributed by atoms with Gasteiger partial charge in [0.25, 0.3) is 0 Å². The number of aromatic hydroxyl groups is 1. The van der Waals surface area contributed by atoms with Crippen molar-refractivity contribution in [1.29, 1.82) is 0 Å². The number of pyridine rings is 1. The lowest BCUT2D eigenvalue weighted by molar-refractivity contribution is 0.0975. The van der Waals surface area contributed by atoms with Crippen molar-refractivity contribution in [3.63, 3.8) is 0 Å². The summed E-state index contributed by atoms with van der Waals surface area (Å²) >= 11 is 6.57. The van der Waals surface area contributed by atoms with Gasteiger partial charge in [0, 0.05) is 18.8 Å². The molecular weight excluding hydrogens is 440 g/mol. The summed E-state index contributed by atoms with van der Waals surface area (Å²) in [7, 11) is 0. The highest BCUT2D eigenvalue weighted by molar-refractivity contribution is 9.11. The number of nitrogens with one attached hydrogen (secondary N) is 1. The maximum absolute atomic E-state index is 12.4. The zero-order valence-corrected chi connectivity index (χ0v) is 15.5. The normalized spacial score (nSPS) is 13.5. The molecule has 1 aromatic carbocycles. The van der Waals surface area contributed by atoms with Crippen LogP contribution in [-0.4, -0.2) is 28.2 Å². The molecule has 3 rings (SSSR count). The number of halogens is 2. The summed E-state index contributed by atoms with van der Waals surface area (Å²) in [4.78, 5) is 28.4. The topological polar surface area (TPSA) is 79.3 Å². The number of phenolic OH excluding ortho intramolecular Hbond substituents is 1. The highest BCUT2D eigenvalue weighted by Crippen LogP contribution is 2.33. The first-order valence-corrected chi connectivity index (χ1v) is 8.72. The summed E-state index contributed by atoms with van der Waals surface area (Å²) in [6, 6.07) is 6.86. The molecule has 0 aliphatic heterocycles. The summed E-state index contributed by atoms with van der Waals surface area (Å²) in [6.07, 6.45) is 3.41. The summed E-state index contributed by atoms with van der Waals surface area (Å²) in [5, 5.41) is 12.7. The molecule has 1 aliphatic carbocycles. The van der Waals surface area contributed by atoms with Crippen LogP contribution < -0.4 is 5.32 Å². The van der Waals surface area contributed by atoms with E-state index in [9.17, 15) is 14.7 Å². The summed E-state index contributed by atoms with van der Waals surface area (Å²) in [6.45, 7) is 0.476. The maximum Gasteiger partial charge on any atom is 0.211 e. The molecule has 0 unspecified atom stereocenters. The second kappa shape index (κ2) is 6.86. The van der Waals surface area contributed by atoms with Crippen LogP contribution >= 0.6 is 31.9 Å². The molecule has 24 heavy (non-hydrogen) atoms. The predicted octanol–water partition coefficient (Wildman–Crippen LogP) is 3.41. The number of Topliss-reactive ketones (excluding diaryl/α,β-unsaturated/α-hetero) is 1. The highest BCUT2D eigenvalue weighted by atomic mass is 79.9. The quantitative estimate of drug-likeness (QED) is 0.744. The molecule has 0 saturated heterocycles. The molecule has 1 aliphatic rings. The molecule has 7 heteroatoms. The molecule has 2 N–H and O–H groups in total. The molecular formula is C17H12Br2N2O3. The fourth-order valence-corrected chi connectivity index (χ4v) is 3.71. The first-order chi connectivity index (χ1) is 11.5. The van der Waals surface area contributed by atoms with E-state index in [0.717, 1.165) is 5.56 Å². The summed E-state index contributed by atoms with van der Waals surface area (Å²) < 4.78 is 1.19. The van der Waals surface area contributed by atoms with Gasteiger partial charge in [-0.1, -0.05) is 0 Å². The molecule has 0 radical (unpaired) electrons. The lowest BCUT2D eigenvalue weighted by Gasteiger charge is -2.15. The van der Waals surface area contributed by atoms with Crippen LogP contribution in [-0.2, 0) is 6.42 Å². The molecule has 122 valence electrons. The average Bonchev–Trinajstić information content (AvgIpc) is 2.57. The minimum Gasteiger partial charge on any atom is -0.506 e. The van der Waals surface area contributed by atoms with Crippen LogP contribution in [0.2, 0.25) is 0 Å². The number of carbonyl (C=O) groups is 2. The Bertz CT molecular complexity index is 855. The Labute approximate surface area is 155 Å². The number of phenols is 1. The smallest absolute Gasteiger partial charge is 0.211 e. The number of benzene rings is 1. The van der Waals surface area contributed by atoms with Crippen LogP contribution in [0, 0.1) is 0 Å². The number of nitrogens with zero attached hydrogens (tertiary/aromatic N) is 1. The van der Waals surface area contributed by atoms with Crippen molar-refractivity contribution in [3.8, 4) is 5.75 Å². The number of hydrogen-bond donors (Lipinski definition) is 2. The highest BCUT2D eigenvalue weighted by Gasteiger charge is 2.26. The Balaban J connectivity index is 1.70. The van der Waals surface area contributed by atoms with E-state index in [1.54, 1.807) is 12.1 Å². The predicted molar refractivity (Wildman–Crippen MR) is 96.2 cm³/mol. The first kappa shape index (κ1) is 16.9. The van der Waals surface area contributed by atoms with Crippen molar-refractivity contribution >= 4 is 43.4 Å². The van der Waals surface area contributed by atoms with Crippen LogP contribution in [0.15, 0.2) is 51.2 Å². The number of aromatic nitrogens is 1. The van der Waals surface area contributed by atoms with Gasteiger partial charge < -0.3 is 10.4 Å². The van der Waals surface area contributed by atoms with E-state index >= 15 is 0 Å². The third-order valence-corrected chi connectivity index (χ3v) is 4.82. The Morgan fingerprint density at radius 3 is 2.58 bits per heavy atom. The van der Waals surface area contributed by atoms with Crippen molar-refractivity contribution in [2.24, 2.45) is 0 Å². The zero-order chi connectivity index (χ0) is 17.3. The van der Waals surface area contributed by atoms with Gasteiger partial charge in [-0.3, -0.25) is 14.6 Å². The first-order valence-electron chi connectivity index (χ1n) is 7.14. The van der Waals surface area contributed by atoms with Crippen molar-refractivity contribution in [2.45, 2.75) is 6.42 Å². The van der Waals surface area contributed by atoms with E-state index in [2.05, 4.69) is 42.2 Å². The molecule has 0 amide bonds. The van der Waals surface area contributed by atoms with E-state index in [-0.39, 0.29) is 28.7 Å². The maximum atomic E-state index is 12.4. The summed E-state index contributed by atoms with van der Waals surface area (Å²) in [5.41, 5.74) is 1.76. The van der Waals surface area contributed by atoms with E-state index in [1.165, 1.54) is 12.3 Å². The average molecular weight is 452 g/mol. The van der Waals surface area contributed by atoms with E-state index < -0.39 is 0 Å². The SMILES string of the molecule is O=C1C(NCCc2cc(Br)c(O)c(Br)c2)=CC(=O)c2ncccc21. The zero-order valence-electron chi connectivity index (χ0n) is 12.3. The van der Waals surface area contributed by atoms with Crippen molar-refractivity contribution in [2.75, 3.05) is 6.54 Å². The Hall–Kier alpha value is -1.99. The Morgan fingerprint density at radius 2 is 1.88 bits per heavy atom. The number of fused-ring (bicyclic) bond motifs is 1. The fourth-order valence-electron chi connectivity index (χ4n) is 2.43. The Morgan fingerprint density at radius 1 is 1.17 bits per heavy atom. The molecule has 0 fully saturated rings. The van der Waals surface area contributed by atoms with Crippen molar-refractivity contribution in [1.82, 2.24) is 10.3 Å². The van der Waals surface area contributed by atoms with Gasteiger partial charge in [-0.25, -0.2) is 0 Å². The number of carbonyl (C=O) groups excluding carboxylic acids is 2. The molecule has 5 nitrogen and oxygen atoms in total. The molecule has 0 saturated carbocycles. The van der Waals surface area contributed by atoms with Crippen molar-refractivity contribution in [3.05, 3.63) is 68.0 Å². The van der Waals surface area contributed by atoms with Crippen LogP contribution in [0.3, 0.4) is 0 Å².